The summed E-state index contributed by atoms with van der Waals surface area (Å²) in [7, 11) is 0. The Bertz CT molecular complexity index is 1030. The van der Waals surface area contributed by atoms with Crippen molar-refractivity contribution >= 4 is 17.4 Å². The first-order chi connectivity index (χ1) is 15.5. The highest BCUT2D eigenvalue weighted by Crippen LogP contribution is 2.39. The SMILES string of the molecule is CCCOc1ccc(/C(O)=C2/C(=O)C(=O)N(CC3CCCO3)C2c2ccccn2)cc1C. The average Bonchev–Trinajstić information content (AvgIpc) is 3.41. The van der Waals surface area contributed by atoms with Gasteiger partial charge in [-0.25, -0.2) is 0 Å². The number of amides is 1. The second-order valence-electron chi connectivity index (χ2n) is 8.17. The van der Waals surface area contributed by atoms with Crippen molar-refractivity contribution < 1.29 is 24.2 Å². The average molecular weight is 437 g/mol. The molecule has 2 unspecified atom stereocenters. The highest BCUT2D eigenvalue weighted by Gasteiger charge is 2.47. The van der Waals surface area contributed by atoms with Crippen molar-refractivity contribution in [2.45, 2.75) is 45.3 Å². The van der Waals surface area contributed by atoms with E-state index >= 15 is 0 Å². The number of carbonyl (C=O) groups excluding carboxylic acids is 2. The third-order valence-corrected chi connectivity index (χ3v) is 5.84. The van der Waals surface area contributed by atoms with Crippen LogP contribution in [0.3, 0.4) is 0 Å². The zero-order chi connectivity index (χ0) is 22.7. The van der Waals surface area contributed by atoms with Gasteiger partial charge in [0, 0.05) is 24.9 Å². The number of benzene rings is 1. The van der Waals surface area contributed by atoms with E-state index in [1.807, 2.05) is 13.8 Å². The van der Waals surface area contributed by atoms with Crippen LogP contribution < -0.4 is 4.74 Å². The Morgan fingerprint density at radius 2 is 2.12 bits per heavy atom. The second kappa shape index (κ2) is 9.53. The van der Waals surface area contributed by atoms with E-state index in [2.05, 4.69) is 4.98 Å². The Labute approximate surface area is 187 Å². The van der Waals surface area contributed by atoms with Crippen LogP contribution >= 0.6 is 0 Å². The predicted octanol–water partition coefficient (Wildman–Crippen LogP) is 3.78. The van der Waals surface area contributed by atoms with Crippen LogP contribution in [0.25, 0.3) is 5.76 Å². The van der Waals surface area contributed by atoms with Gasteiger partial charge in [0.15, 0.2) is 0 Å². The van der Waals surface area contributed by atoms with Gasteiger partial charge < -0.3 is 19.5 Å². The molecule has 2 saturated heterocycles. The van der Waals surface area contributed by atoms with Crippen LogP contribution in [0.15, 0.2) is 48.2 Å². The fraction of sp³-hybridized carbons (Fsp3) is 0.400. The Balaban J connectivity index is 1.76. The topological polar surface area (TPSA) is 89.0 Å². The molecule has 2 atom stereocenters. The number of nitrogens with zero attached hydrogens (tertiary/aromatic N) is 2. The molecule has 4 rings (SSSR count). The van der Waals surface area contributed by atoms with Crippen LogP contribution in [0.4, 0.5) is 0 Å². The van der Waals surface area contributed by atoms with E-state index in [1.54, 1.807) is 42.6 Å². The number of aryl methyl sites for hydroxylation is 1. The highest BCUT2D eigenvalue weighted by atomic mass is 16.5. The molecule has 168 valence electrons. The van der Waals surface area contributed by atoms with E-state index in [-0.39, 0.29) is 24.0 Å². The number of pyridine rings is 1. The molecular weight excluding hydrogens is 408 g/mol. The molecule has 2 aliphatic heterocycles. The molecule has 32 heavy (non-hydrogen) atoms. The van der Waals surface area contributed by atoms with E-state index in [4.69, 9.17) is 9.47 Å². The van der Waals surface area contributed by atoms with Gasteiger partial charge in [-0.1, -0.05) is 13.0 Å². The van der Waals surface area contributed by atoms with Gasteiger partial charge in [-0.3, -0.25) is 14.6 Å². The zero-order valence-electron chi connectivity index (χ0n) is 18.4. The number of ether oxygens (including phenoxy) is 2. The first-order valence-corrected chi connectivity index (χ1v) is 11.1. The Morgan fingerprint density at radius 1 is 1.28 bits per heavy atom. The van der Waals surface area contributed by atoms with Crippen LogP contribution in [0.5, 0.6) is 5.75 Å². The molecule has 2 aliphatic rings. The number of hydrogen-bond acceptors (Lipinski definition) is 6. The minimum absolute atomic E-state index is 0.0494. The predicted molar refractivity (Wildman–Crippen MR) is 119 cm³/mol. The maximum absolute atomic E-state index is 13.1. The third-order valence-electron chi connectivity index (χ3n) is 5.84. The smallest absolute Gasteiger partial charge is 0.295 e. The van der Waals surface area contributed by atoms with Crippen LogP contribution in [-0.4, -0.2) is 52.5 Å². The van der Waals surface area contributed by atoms with E-state index in [1.165, 1.54) is 4.90 Å². The van der Waals surface area contributed by atoms with Gasteiger partial charge >= 0.3 is 0 Å². The van der Waals surface area contributed by atoms with E-state index < -0.39 is 17.7 Å². The molecule has 1 N–H and O–H groups in total. The molecule has 0 radical (unpaired) electrons. The first-order valence-electron chi connectivity index (χ1n) is 11.1. The summed E-state index contributed by atoms with van der Waals surface area (Å²) >= 11 is 0. The quantitative estimate of drug-likeness (QED) is 0.404. The minimum atomic E-state index is -0.767. The number of Topliss-reactive ketones (excluding diaryl/α,β-unsaturated/α-hetero) is 1. The minimum Gasteiger partial charge on any atom is -0.507 e. The fourth-order valence-electron chi connectivity index (χ4n) is 4.25. The van der Waals surface area contributed by atoms with E-state index in [0.29, 0.717) is 24.5 Å². The van der Waals surface area contributed by atoms with Crippen molar-refractivity contribution in [3.63, 3.8) is 0 Å². The van der Waals surface area contributed by atoms with Crippen molar-refractivity contribution in [2.75, 3.05) is 19.8 Å². The van der Waals surface area contributed by atoms with Gasteiger partial charge in [0.1, 0.15) is 17.6 Å². The second-order valence-corrected chi connectivity index (χ2v) is 8.17. The maximum Gasteiger partial charge on any atom is 0.295 e. The maximum atomic E-state index is 13.1. The molecule has 2 aromatic rings. The summed E-state index contributed by atoms with van der Waals surface area (Å²) in [6, 6.07) is 9.82. The summed E-state index contributed by atoms with van der Waals surface area (Å²) in [4.78, 5) is 31.9. The zero-order valence-corrected chi connectivity index (χ0v) is 18.4. The summed E-state index contributed by atoms with van der Waals surface area (Å²) in [6.45, 7) is 5.44. The van der Waals surface area contributed by atoms with Crippen molar-refractivity contribution in [1.82, 2.24) is 9.88 Å². The van der Waals surface area contributed by atoms with Crippen molar-refractivity contribution in [1.29, 1.82) is 0 Å². The first kappa shape index (κ1) is 22.0. The number of carbonyl (C=O) groups is 2. The largest absolute Gasteiger partial charge is 0.507 e. The van der Waals surface area contributed by atoms with Gasteiger partial charge in [0.2, 0.25) is 0 Å². The number of aliphatic hydroxyl groups is 1. The number of likely N-dealkylation sites (tertiary alicyclic amines) is 1. The lowest BCUT2D eigenvalue weighted by Crippen LogP contribution is -2.36. The number of rotatable bonds is 7. The van der Waals surface area contributed by atoms with Gasteiger partial charge in [0.25, 0.3) is 11.7 Å². The summed E-state index contributed by atoms with van der Waals surface area (Å²) < 4.78 is 11.4. The number of hydrogen-bond donors (Lipinski definition) is 1. The van der Waals surface area contributed by atoms with Crippen LogP contribution in [0, 0.1) is 6.92 Å². The third kappa shape index (κ3) is 4.25. The van der Waals surface area contributed by atoms with Gasteiger partial charge in [-0.2, -0.15) is 0 Å². The van der Waals surface area contributed by atoms with Crippen molar-refractivity contribution in [3.05, 3.63) is 65.0 Å². The van der Waals surface area contributed by atoms with Crippen molar-refractivity contribution in [3.8, 4) is 5.75 Å². The molecule has 2 fully saturated rings. The van der Waals surface area contributed by atoms with Gasteiger partial charge in [-0.15, -0.1) is 0 Å². The molecule has 0 bridgehead atoms. The van der Waals surface area contributed by atoms with Crippen LogP contribution in [-0.2, 0) is 14.3 Å². The summed E-state index contributed by atoms with van der Waals surface area (Å²) in [5, 5.41) is 11.2. The Morgan fingerprint density at radius 3 is 2.78 bits per heavy atom. The number of aromatic nitrogens is 1. The molecule has 0 aliphatic carbocycles. The number of ketones is 1. The van der Waals surface area contributed by atoms with Crippen molar-refractivity contribution in [2.24, 2.45) is 0 Å². The molecule has 3 heterocycles. The highest BCUT2D eigenvalue weighted by molar-refractivity contribution is 6.46. The van der Waals surface area contributed by atoms with Crippen LogP contribution in [0.1, 0.15) is 49.0 Å². The Kier molecular flexibility index (Phi) is 6.55. The molecule has 7 nitrogen and oxygen atoms in total. The molecule has 0 saturated carbocycles. The molecule has 1 aromatic heterocycles. The monoisotopic (exact) mass is 436 g/mol. The van der Waals surface area contributed by atoms with Gasteiger partial charge in [0.05, 0.1) is 24.0 Å². The summed E-state index contributed by atoms with van der Waals surface area (Å²) in [5.41, 5.74) is 1.88. The normalized spacial score (nSPS) is 22.5. The standard InChI is InChI=1S/C25H28N2O5/c1-3-12-32-20-10-9-17(14-16(20)2)23(28)21-22(19-8-4-5-11-26-19)27(25(30)24(21)29)15-18-7-6-13-31-18/h4-5,8-11,14,18,22,28H,3,6-7,12-13,15H2,1-2H3/b23-21-. The molecule has 1 amide bonds. The fourth-order valence-corrected chi connectivity index (χ4v) is 4.25. The number of aliphatic hydroxyl groups excluding tert-OH is 1. The van der Waals surface area contributed by atoms with Crippen LogP contribution in [0.2, 0.25) is 0 Å². The lowest BCUT2D eigenvalue weighted by atomic mass is 9.97. The molecule has 0 spiro atoms. The summed E-state index contributed by atoms with van der Waals surface area (Å²) in [5.74, 6) is -0.833. The lowest BCUT2D eigenvalue weighted by Gasteiger charge is -2.26. The van der Waals surface area contributed by atoms with Gasteiger partial charge in [-0.05, 0) is 62.1 Å². The molecule has 7 heteroatoms. The molecule has 1 aromatic carbocycles. The molecular formula is C25H28N2O5. The van der Waals surface area contributed by atoms with E-state index in [9.17, 15) is 14.7 Å². The Hall–Kier alpha value is -3.19. The summed E-state index contributed by atoms with van der Waals surface area (Å²) in [6.07, 6.45) is 4.13. The lowest BCUT2D eigenvalue weighted by molar-refractivity contribution is -0.140. The van der Waals surface area contributed by atoms with E-state index in [0.717, 1.165) is 30.6 Å².